The Kier molecular flexibility index (Phi) is 8.16. The van der Waals surface area contributed by atoms with E-state index in [4.69, 9.17) is 0 Å². The Morgan fingerprint density at radius 2 is 2.00 bits per heavy atom. The van der Waals surface area contributed by atoms with Gasteiger partial charge in [-0.2, -0.15) is 0 Å². The summed E-state index contributed by atoms with van der Waals surface area (Å²) in [6.07, 6.45) is 1.39. The van der Waals surface area contributed by atoms with Crippen LogP contribution < -0.4 is 5.32 Å². The lowest BCUT2D eigenvalue weighted by molar-refractivity contribution is -0.140. The van der Waals surface area contributed by atoms with E-state index in [-0.39, 0.29) is 17.9 Å². The van der Waals surface area contributed by atoms with Gasteiger partial charge in [0.1, 0.15) is 0 Å². The van der Waals surface area contributed by atoms with Crippen LogP contribution in [0, 0.1) is 0 Å². The predicted molar refractivity (Wildman–Crippen MR) is 67.7 cm³/mol. The van der Waals surface area contributed by atoms with Crippen molar-refractivity contribution in [2.24, 2.45) is 0 Å². The van der Waals surface area contributed by atoms with E-state index in [1.807, 2.05) is 13.8 Å². The van der Waals surface area contributed by atoms with Gasteiger partial charge in [-0.15, -0.1) is 0 Å². The molecule has 0 fully saturated rings. The first-order valence-electron chi connectivity index (χ1n) is 5.92. The normalized spacial score (nSPS) is 13.4. The highest BCUT2D eigenvalue weighted by molar-refractivity contribution is 7.91. The van der Waals surface area contributed by atoms with Gasteiger partial charge in [0.05, 0.1) is 25.0 Å². The topological polar surface area (TPSA) is 72.5 Å². The highest BCUT2D eigenvalue weighted by atomic mass is 32.2. The van der Waals surface area contributed by atoms with E-state index in [0.29, 0.717) is 12.5 Å². The molecule has 6 heteroatoms. The lowest BCUT2D eigenvalue weighted by Gasteiger charge is -2.11. The van der Waals surface area contributed by atoms with Gasteiger partial charge in [0.15, 0.2) is 9.84 Å². The molecule has 0 aromatic rings. The van der Waals surface area contributed by atoms with Crippen LogP contribution in [-0.4, -0.2) is 45.6 Å². The van der Waals surface area contributed by atoms with Gasteiger partial charge in [-0.25, -0.2) is 8.42 Å². The third-order valence-corrected chi connectivity index (χ3v) is 4.23. The van der Waals surface area contributed by atoms with Crippen molar-refractivity contribution in [3.63, 3.8) is 0 Å². The molecule has 0 spiro atoms. The van der Waals surface area contributed by atoms with Gasteiger partial charge in [-0.05, 0) is 26.3 Å². The Bertz CT molecular complexity index is 313. The minimum atomic E-state index is -3.13. The molecule has 102 valence electrons. The predicted octanol–water partition coefficient (Wildman–Crippen LogP) is 0.743. The number of rotatable bonds is 9. The number of carbonyl (C=O) groups excluding carboxylic acids is 1. The van der Waals surface area contributed by atoms with Crippen molar-refractivity contribution in [3.05, 3.63) is 0 Å². The van der Waals surface area contributed by atoms with Gasteiger partial charge in [0.2, 0.25) is 0 Å². The third-order valence-electron chi connectivity index (χ3n) is 2.49. The molecule has 0 saturated carbocycles. The standard InChI is InChI=1S/C11H23NO4S/c1-4-12-10(2)6-5-8-17(14,15)9-7-11(13)16-3/h10,12H,4-9H2,1-3H3. The van der Waals surface area contributed by atoms with E-state index in [9.17, 15) is 13.2 Å². The molecule has 1 unspecified atom stereocenters. The maximum atomic E-state index is 11.6. The Hall–Kier alpha value is -0.620. The number of methoxy groups -OCH3 is 1. The second-order valence-corrected chi connectivity index (χ2v) is 6.38. The zero-order chi connectivity index (χ0) is 13.3. The molecule has 0 amide bonds. The lowest BCUT2D eigenvalue weighted by Crippen LogP contribution is -2.26. The van der Waals surface area contributed by atoms with E-state index in [1.54, 1.807) is 0 Å². The average Bonchev–Trinajstić information content (AvgIpc) is 2.26. The van der Waals surface area contributed by atoms with Gasteiger partial charge in [0.25, 0.3) is 0 Å². The molecule has 17 heavy (non-hydrogen) atoms. The molecule has 0 aliphatic heterocycles. The number of sulfone groups is 1. The van der Waals surface area contributed by atoms with E-state index in [2.05, 4.69) is 10.1 Å². The molecule has 0 radical (unpaired) electrons. The van der Waals surface area contributed by atoms with E-state index in [0.717, 1.165) is 13.0 Å². The summed E-state index contributed by atoms with van der Waals surface area (Å²) >= 11 is 0. The molecule has 0 aliphatic rings. The molecule has 1 atom stereocenters. The third kappa shape index (κ3) is 9.12. The summed E-state index contributed by atoms with van der Waals surface area (Å²) in [5.74, 6) is -0.454. The fraction of sp³-hybridized carbons (Fsp3) is 0.909. The largest absolute Gasteiger partial charge is 0.469 e. The first-order valence-corrected chi connectivity index (χ1v) is 7.74. The summed E-state index contributed by atoms with van der Waals surface area (Å²) in [5.41, 5.74) is 0. The number of hydrogen-bond donors (Lipinski definition) is 1. The van der Waals surface area contributed by atoms with Crippen LogP contribution in [-0.2, 0) is 19.4 Å². The van der Waals surface area contributed by atoms with E-state index >= 15 is 0 Å². The van der Waals surface area contributed by atoms with Gasteiger partial charge in [-0.1, -0.05) is 6.92 Å². The molecular weight excluding hydrogens is 242 g/mol. The fourth-order valence-corrected chi connectivity index (χ4v) is 2.79. The van der Waals surface area contributed by atoms with Crippen LogP contribution in [0.15, 0.2) is 0 Å². The first kappa shape index (κ1) is 16.4. The van der Waals surface area contributed by atoms with Crippen LogP contribution >= 0.6 is 0 Å². The summed E-state index contributed by atoms with van der Waals surface area (Å²) < 4.78 is 27.5. The quantitative estimate of drug-likeness (QED) is 0.623. The van der Waals surface area contributed by atoms with Crippen LogP contribution in [0.5, 0.6) is 0 Å². The summed E-state index contributed by atoms with van der Waals surface area (Å²) in [5, 5.41) is 3.22. The van der Waals surface area contributed by atoms with Gasteiger partial charge in [-0.3, -0.25) is 4.79 Å². The lowest BCUT2D eigenvalue weighted by atomic mass is 10.2. The second kappa shape index (κ2) is 8.47. The average molecular weight is 265 g/mol. The second-order valence-electron chi connectivity index (χ2n) is 4.08. The van der Waals surface area contributed by atoms with Crippen LogP contribution in [0.1, 0.15) is 33.1 Å². The Morgan fingerprint density at radius 1 is 1.35 bits per heavy atom. The molecule has 5 nitrogen and oxygen atoms in total. The summed E-state index contributed by atoms with van der Waals surface area (Å²) in [6, 6.07) is 0.329. The zero-order valence-corrected chi connectivity index (χ0v) is 11.7. The SMILES string of the molecule is CCNC(C)CCCS(=O)(=O)CCC(=O)OC. The summed E-state index contributed by atoms with van der Waals surface area (Å²) in [4.78, 5) is 10.8. The molecule has 0 aromatic heterocycles. The van der Waals surface area contributed by atoms with Crippen LogP contribution in [0.3, 0.4) is 0 Å². The van der Waals surface area contributed by atoms with E-state index in [1.165, 1.54) is 7.11 Å². The van der Waals surface area contributed by atoms with Gasteiger partial charge in [0, 0.05) is 6.04 Å². The molecule has 0 aliphatic carbocycles. The van der Waals surface area contributed by atoms with Crippen molar-refractivity contribution in [3.8, 4) is 0 Å². The van der Waals surface area contributed by atoms with Crippen molar-refractivity contribution in [2.45, 2.75) is 39.2 Å². The number of carbonyl (C=O) groups is 1. The summed E-state index contributed by atoms with van der Waals surface area (Å²) in [6.45, 7) is 4.93. The molecule has 0 saturated heterocycles. The molecule has 0 heterocycles. The number of nitrogens with one attached hydrogen (secondary N) is 1. The first-order chi connectivity index (χ1) is 7.91. The minimum Gasteiger partial charge on any atom is -0.469 e. The Labute approximate surface area is 104 Å². The van der Waals surface area contributed by atoms with Crippen molar-refractivity contribution in [1.82, 2.24) is 5.32 Å². The van der Waals surface area contributed by atoms with Crippen molar-refractivity contribution in [2.75, 3.05) is 25.2 Å². The van der Waals surface area contributed by atoms with Gasteiger partial charge < -0.3 is 10.1 Å². The Balaban J connectivity index is 3.82. The maximum Gasteiger partial charge on any atom is 0.306 e. The molecule has 0 rings (SSSR count). The van der Waals surface area contributed by atoms with Gasteiger partial charge >= 0.3 is 5.97 Å². The minimum absolute atomic E-state index is 0.0540. The zero-order valence-electron chi connectivity index (χ0n) is 10.9. The van der Waals surface area contributed by atoms with E-state index < -0.39 is 15.8 Å². The van der Waals surface area contributed by atoms with Crippen molar-refractivity contribution >= 4 is 15.8 Å². The molecular formula is C11H23NO4S. The van der Waals surface area contributed by atoms with Crippen LogP contribution in [0.2, 0.25) is 0 Å². The van der Waals surface area contributed by atoms with Crippen molar-refractivity contribution < 1.29 is 17.9 Å². The highest BCUT2D eigenvalue weighted by Crippen LogP contribution is 2.03. The molecule has 1 N–H and O–H groups in total. The molecule has 0 bridgehead atoms. The van der Waals surface area contributed by atoms with Crippen molar-refractivity contribution in [1.29, 1.82) is 0 Å². The fourth-order valence-electron chi connectivity index (χ4n) is 1.50. The smallest absolute Gasteiger partial charge is 0.306 e. The monoisotopic (exact) mass is 265 g/mol. The summed E-state index contributed by atoms with van der Waals surface area (Å²) in [7, 11) is -1.87. The number of hydrogen-bond acceptors (Lipinski definition) is 5. The highest BCUT2D eigenvalue weighted by Gasteiger charge is 2.14. The maximum absolute atomic E-state index is 11.6. The Morgan fingerprint density at radius 3 is 2.53 bits per heavy atom. The van der Waals surface area contributed by atoms with Crippen LogP contribution in [0.25, 0.3) is 0 Å². The molecule has 0 aromatic carbocycles. The number of esters is 1. The van der Waals surface area contributed by atoms with Crippen LogP contribution in [0.4, 0.5) is 0 Å². The number of ether oxygens (including phenoxy) is 1.